The minimum absolute atomic E-state index is 0.0426. The third kappa shape index (κ3) is 3.50. The van der Waals surface area contributed by atoms with Gasteiger partial charge in [0, 0.05) is 17.8 Å². The van der Waals surface area contributed by atoms with Crippen LogP contribution in [0.5, 0.6) is 11.5 Å². The monoisotopic (exact) mass is 456 g/mol. The Hall–Kier alpha value is -3.80. The van der Waals surface area contributed by atoms with Gasteiger partial charge >= 0.3 is 0 Å². The molecule has 0 fully saturated rings. The van der Waals surface area contributed by atoms with Crippen LogP contribution in [-0.2, 0) is 17.6 Å². The summed E-state index contributed by atoms with van der Waals surface area (Å²) in [4.78, 5) is 29.3. The highest BCUT2D eigenvalue weighted by atomic mass is 16.5. The fourth-order valence-corrected chi connectivity index (χ4v) is 5.30. The molecule has 1 N–H and O–H groups in total. The largest absolute Gasteiger partial charge is 0.493 e. The predicted molar refractivity (Wildman–Crippen MR) is 131 cm³/mol. The van der Waals surface area contributed by atoms with Crippen molar-refractivity contribution in [1.82, 2.24) is 4.90 Å². The maximum absolute atomic E-state index is 13.9. The van der Waals surface area contributed by atoms with Crippen LogP contribution in [0, 0.1) is 0 Å². The number of nitrogens with zero attached hydrogens (tertiary/aromatic N) is 1. The molecule has 0 bridgehead atoms. The van der Waals surface area contributed by atoms with Gasteiger partial charge < -0.3 is 19.7 Å². The number of carbonyl (C=O) groups is 2. The van der Waals surface area contributed by atoms with Crippen LogP contribution in [0.2, 0.25) is 0 Å². The minimum Gasteiger partial charge on any atom is -0.493 e. The molecular formula is C28H28N2O4. The summed E-state index contributed by atoms with van der Waals surface area (Å²) in [5.74, 6) is 0.508. The van der Waals surface area contributed by atoms with Crippen LogP contribution in [0.4, 0.5) is 5.69 Å². The fourth-order valence-electron chi connectivity index (χ4n) is 5.30. The van der Waals surface area contributed by atoms with E-state index in [2.05, 4.69) is 12.2 Å². The van der Waals surface area contributed by atoms with E-state index < -0.39 is 12.0 Å². The topological polar surface area (TPSA) is 67.9 Å². The number of rotatable bonds is 5. The van der Waals surface area contributed by atoms with E-state index in [0.717, 1.165) is 34.4 Å². The molecule has 2 heterocycles. The Kier molecular flexibility index (Phi) is 5.74. The molecule has 0 saturated carbocycles. The van der Waals surface area contributed by atoms with E-state index in [0.29, 0.717) is 30.0 Å². The molecule has 3 aromatic carbocycles. The van der Waals surface area contributed by atoms with Crippen molar-refractivity contribution in [3.05, 3.63) is 88.5 Å². The number of para-hydroxylation sites is 1. The van der Waals surface area contributed by atoms with Crippen LogP contribution in [-0.4, -0.2) is 37.5 Å². The highest BCUT2D eigenvalue weighted by Gasteiger charge is 2.46. The molecule has 0 unspecified atom stereocenters. The van der Waals surface area contributed by atoms with Crippen LogP contribution >= 0.6 is 0 Å². The molecule has 0 spiro atoms. The summed E-state index contributed by atoms with van der Waals surface area (Å²) < 4.78 is 11.1. The van der Waals surface area contributed by atoms with Gasteiger partial charge in [0.15, 0.2) is 11.5 Å². The number of benzene rings is 3. The summed E-state index contributed by atoms with van der Waals surface area (Å²) >= 11 is 0. The Balaban J connectivity index is 1.66. The van der Waals surface area contributed by atoms with E-state index in [9.17, 15) is 9.59 Å². The molecule has 6 heteroatoms. The quantitative estimate of drug-likeness (QED) is 0.602. The highest BCUT2D eigenvalue weighted by molar-refractivity contribution is 6.04. The zero-order valence-electron chi connectivity index (χ0n) is 19.6. The summed E-state index contributed by atoms with van der Waals surface area (Å²) in [5.41, 5.74) is 5.21. The number of methoxy groups -OCH3 is 2. The molecule has 0 aromatic heterocycles. The lowest BCUT2D eigenvalue weighted by molar-refractivity contribution is -0.119. The summed E-state index contributed by atoms with van der Waals surface area (Å²) in [6.07, 6.45) is 1.50. The summed E-state index contributed by atoms with van der Waals surface area (Å²) in [6, 6.07) is 18.8. The molecule has 34 heavy (non-hydrogen) atoms. The van der Waals surface area contributed by atoms with Crippen LogP contribution in [0.3, 0.4) is 0 Å². The predicted octanol–water partition coefficient (Wildman–Crippen LogP) is 4.74. The molecule has 2 aliphatic rings. The lowest BCUT2D eigenvalue weighted by Crippen LogP contribution is -2.49. The first-order valence-corrected chi connectivity index (χ1v) is 11.6. The second-order valence-corrected chi connectivity index (χ2v) is 8.66. The van der Waals surface area contributed by atoms with E-state index in [1.807, 2.05) is 65.6 Å². The Labute approximate surface area is 199 Å². The maximum Gasteiger partial charge on any atom is 0.254 e. The van der Waals surface area contributed by atoms with Crippen molar-refractivity contribution < 1.29 is 19.1 Å². The number of hydrogen-bond donors (Lipinski definition) is 1. The SMILES string of the molecule is CCc1ccccc1NC(=O)[C@H]1c2ccccc2C(=O)N2CCc3cc(OC)c(OC)cc3[C@@H]12. The first-order valence-electron chi connectivity index (χ1n) is 11.6. The second kappa shape index (κ2) is 8.86. The second-order valence-electron chi connectivity index (χ2n) is 8.66. The van der Waals surface area contributed by atoms with E-state index in [1.165, 1.54) is 0 Å². The molecule has 0 radical (unpaired) electrons. The van der Waals surface area contributed by atoms with E-state index in [1.54, 1.807) is 14.2 Å². The molecule has 2 atom stereocenters. The molecule has 174 valence electrons. The lowest BCUT2D eigenvalue weighted by Gasteiger charge is -2.45. The fraction of sp³-hybridized carbons (Fsp3) is 0.286. The van der Waals surface area contributed by atoms with E-state index in [-0.39, 0.29) is 11.8 Å². The molecule has 3 aromatic rings. The highest BCUT2D eigenvalue weighted by Crippen LogP contribution is 2.48. The van der Waals surface area contributed by atoms with Gasteiger partial charge in [0.05, 0.1) is 26.2 Å². The van der Waals surface area contributed by atoms with Gasteiger partial charge in [-0.3, -0.25) is 9.59 Å². The Bertz CT molecular complexity index is 1270. The van der Waals surface area contributed by atoms with Crippen LogP contribution in [0.25, 0.3) is 0 Å². The summed E-state index contributed by atoms with van der Waals surface area (Å²) in [6.45, 7) is 2.61. The van der Waals surface area contributed by atoms with Crippen molar-refractivity contribution in [2.45, 2.75) is 31.7 Å². The number of amides is 2. The first-order chi connectivity index (χ1) is 16.6. The van der Waals surface area contributed by atoms with Crippen molar-refractivity contribution in [3.8, 4) is 11.5 Å². The maximum atomic E-state index is 13.9. The Morgan fingerprint density at radius 3 is 2.47 bits per heavy atom. The normalized spacial score (nSPS) is 18.4. The number of nitrogens with one attached hydrogen (secondary N) is 1. The molecule has 2 amide bonds. The van der Waals surface area contributed by atoms with Gasteiger partial charge in [-0.1, -0.05) is 43.3 Å². The summed E-state index contributed by atoms with van der Waals surface area (Å²) in [7, 11) is 3.21. The van der Waals surface area contributed by atoms with Gasteiger partial charge in [0.1, 0.15) is 0 Å². The minimum atomic E-state index is -0.559. The standard InChI is InChI=1S/C28H28N2O4/c1-4-17-9-5-8-12-22(17)29-27(31)25-19-10-6-7-11-20(19)28(32)30-14-13-18-15-23(33-2)24(34-3)16-21(18)26(25)30/h5-12,15-16,25-26H,4,13-14H2,1-3H3,(H,29,31)/t25-,26-/m0/s1. The molecule has 5 rings (SSSR count). The first kappa shape index (κ1) is 22.0. The average molecular weight is 457 g/mol. The van der Waals surface area contributed by atoms with Crippen molar-refractivity contribution >= 4 is 17.5 Å². The molecule has 2 aliphatic heterocycles. The third-order valence-corrected chi connectivity index (χ3v) is 6.96. The van der Waals surface area contributed by atoms with Crippen LogP contribution < -0.4 is 14.8 Å². The third-order valence-electron chi connectivity index (χ3n) is 6.96. The molecule has 0 aliphatic carbocycles. The van der Waals surface area contributed by atoms with Crippen molar-refractivity contribution in [2.24, 2.45) is 0 Å². The number of ether oxygens (including phenoxy) is 2. The lowest BCUT2D eigenvalue weighted by atomic mass is 9.75. The Morgan fingerprint density at radius 2 is 1.71 bits per heavy atom. The number of anilines is 1. The summed E-state index contributed by atoms with van der Waals surface area (Å²) in [5, 5.41) is 3.17. The van der Waals surface area contributed by atoms with Crippen molar-refractivity contribution in [2.75, 3.05) is 26.1 Å². The zero-order chi connectivity index (χ0) is 23.8. The smallest absolute Gasteiger partial charge is 0.254 e. The molecule has 0 saturated heterocycles. The molecular weight excluding hydrogens is 428 g/mol. The van der Waals surface area contributed by atoms with Crippen LogP contribution in [0.1, 0.15) is 51.5 Å². The van der Waals surface area contributed by atoms with Crippen molar-refractivity contribution in [1.29, 1.82) is 0 Å². The van der Waals surface area contributed by atoms with Gasteiger partial charge in [-0.05, 0) is 59.4 Å². The number of aryl methyl sites for hydroxylation is 1. The van der Waals surface area contributed by atoms with Gasteiger partial charge in [0.2, 0.25) is 5.91 Å². The Morgan fingerprint density at radius 1 is 1.00 bits per heavy atom. The van der Waals surface area contributed by atoms with E-state index >= 15 is 0 Å². The van der Waals surface area contributed by atoms with Gasteiger partial charge in [-0.2, -0.15) is 0 Å². The number of fused-ring (bicyclic) bond motifs is 4. The number of carbonyl (C=O) groups excluding carboxylic acids is 2. The van der Waals surface area contributed by atoms with Crippen LogP contribution in [0.15, 0.2) is 60.7 Å². The van der Waals surface area contributed by atoms with Crippen molar-refractivity contribution in [3.63, 3.8) is 0 Å². The van der Waals surface area contributed by atoms with Gasteiger partial charge in [-0.25, -0.2) is 0 Å². The van der Waals surface area contributed by atoms with Gasteiger partial charge in [0.25, 0.3) is 5.91 Å². The van der Waals surface area contributed by atoms with E-state index in [4.69, 9.17) is 9.47 Å². The number of hydrogen-bond acceptors (Lipinski definition) is 4. The average Bonchev–Trinajstić information content (AvgIpc) is 2.88. The van der Waals surface area contributed by atoms with Gasteiger partial charge in [-0.15, -0.1) is 0 Å². The molecule has 6 nitrogen and oxygen atoms in total. The zero-order valence-corrected chi connectivity index (χ0v) is 19.6.